The van der Waals surface area contributed by atoms with E-state index < -0.39 is 0 Å². The smallest absolute Gasteiger partial charge is 0.180 e. The average molecular weight is 129 g/mol. The Morgan fingerprint density at radius 1 is 1.88 bits per heavy atom. The van der Waals surface area contributed by atoms with Crippen LogP contribution in [0.15, 0.2) is 17.0 Å². The normalized spacial score (nSPS) is 13.8. The SMILES string of the molecule is CC(S)c1cnco1. The molecular weight excluding hydrogens is 122 g/mol. The molecule has 0 saturated carbocycles. The Balaban J connectivity index is 2.77. The summed E-state index contributed by atoms with van der Waals surface area (Å²) >= 11 is 4.12. The Morgan fingerprint density at radius 3 is 2.88 bits per heavy atom. The summed E-state index contributed by atoms with van der Waals surface area (Å²) in [5.41, 5.74) is 0. The molecule has 0 N–H and O–H groups in total. The van der Waals surface area contributed by atoms with Crippen molar-refractivity contribution in [2.45, 2.75) is 12.2 Å². The predicted molar refractivity (Wildman–Crippen MR) is 33.9 cm³/mol. The largest absolute Gasteiger partial charge is 0.447 e. The Bertz CT molecular complexity index is 147. The molecular formula is C5H7NOS. The molecule has 0 aliphatic rings. The molecule has 44 valence electrons. The quantitative estimate of drug-likeness (QED) is 0.583. The van der Waals surface area contributed by atoms with E-state index in [1.807, 2.05) is 6.92 Å². The van der Waals surface area contributed by atoms with E-state index in [9.17, 15) is 0 Å². The maximum atomic E-state index is 4.91. The van der Waals surface area contributed by atoms with E-state index in [0.717, 1.165) is 5.76 Å². The maximum absolute atomic E-state index is 4.91. The molecule has 0 aliphatic heterocycles. The first-order valence-corrected chi connectivity index (χ1v) is 2.89. The van der Waals surface area contributed by atoms with Crippen molar-refractivity contribution in [1.82, 2.24) is 4.98 Å². The number of oxazole rings is 1. The minimum Gasteiger partial charge on any atom is -0.447 e. The molecule has 1 aromatic rings. The topological polar surface area (TPSA) is 26.0 Å². The molecule has 0 aromatic carbocycles. The first kappa shape index (κ1) is 5.69. The second kappa shape index (κ2) is 2.22. The Morgan fingerprint density at radius 2 is 2.62 bits per heavy atom. The Kier molecular flexibility index (Phi) is 1.58. The molecule has 3 heteroatoms. The van der Waals surface area contributed by atoms with E-state index >= 15 is 0 Å². The van der Waals surface area contributed by atoms with Crippen molar-refractivity contribution in [2.24, 2.45) is 0 Å². The number of hydrogen-bond acceptors (Lipinski definition) is 3. The molecule has 1 heterocycles. The van der Waals surface area contributed by atoms with Crippen molar-refractivity contribution in [2.75, 3.05) is 0 Å². The monoisotopic (exact) mass is 129 g/mol. The van der Waals surface area contributed by atoms with Gasteiger partial charge in [0, 0.05) is 0 Å². The van der Waals surface area contributed by atoms with Crippen molar-refractivity contribution >= 4 is 12.6 Å². The summed E-state index contributed by atoms with van der Waals surface area (Å²) < 4.78 is 4.91. The van der Waals surface area contributed by atoms with E-state index in [2.05, 4.69) is 17.6 Å². The molecule has 0 saturated heterocycles. The van der Waals surface area contributed by atoms with Gasteiger partial charge < -0.3 is 4.42 Å². The van der Waals surface area contributed by atoms with Crippen LogP contribution in [0.1, 0.15) is 17.9 Å². The highest BCUT2D eigenvalue weighted by Crippen LogP contribution is 2.16. The van der Waals surface area contributed by atoms with Crippen LogP contribution in [0.2, 0.25) is 0 Å². The van der Waals surface area contributed by atoms with Crippen molar-refractivity contribution < 1.29 is 4.42 Å². The highest BCUT2D eigenvalue weighted by Gasteiger charge is 2.00. The zero-order valence-corrected chi connectivity index (χ0v) is 5.43. The fourth-order valence-electron chi connectivity index (χ4n) is 0.432. The summed E-state index contributed by atoms with van der Waals surface area (Å²) in [7, 11) is 0. The third kappa shape index (κ3) is 1.04. The van der Waals surface area contributed by atoms with E-state index in [1.165, 1.54) is 6.39 Å². The number of rotatable bonds is 1. The fourth-order valence-corrected chi connectivity index (χ4v) is 0.559. The first-order valence-electron chi connectivity index (χ1n) is 2.37. The highest BCUT2D eigenvalue weighted by molar-refractivity contribution is 7.80. The summed E-state index contributed by atoms with van der Waals surface area (Å²) in [4.78, 5) is 3.73. The lowest BCUT2D eigenvalue weighted by Crippen LogP contribution is -1.75. The van der Waals surface area contributed by atoms with Crippen LogP contribution in [0.4, 0.5) is 0 Å². The van der Waals surface area contributed by atoms with E-state index in [-0.39, 0.29) is 5.25 Å². The summed E-state index contributed by atoms with van der Waals surface area (Å²) in [6.07, 6.45) is 3.07. The Labute approximate surface area is 53.3 Å². The number of aromatic nitrogens is 1. The molecule has 0 fully saturated rings. The molecule has 0 radical (unpaired) electrons. The van der Waals surface area contributed by atoms with Gasteiger partial charge >= 0.3 is 0 Å². The molecule has 0 bridgehead atoms. The van der Waals surface area contributed by atoms with Gasteiger partial charge in [0.2, 0.25) is 0 Å². The molecule has 0 spiro atoms. The summed E-state index contributed by atoms with van der Waals surface area (Å²) in [5.74, 6) is 0.813. The highest BCUT2D eigenvalue weighted by atomic mass is 32.1. The van der Waals surface area contributed by atoms with Gasteiger partial charge in [-0.15, -0.1) is 0 Å². The lowest BCUT2D eigenvalue weighted by atomic mass is 10.4. The second-order valence-corrected chi connectivity index (χ2v) is 2.35. The van der Waals surface area contributed by atoms with E-state index in [4.69, 9.17) is 4.42 Å². The van der Waals surface area contributed by atoms with Gasteiger partial charge in [-0.05, 0) is 6.92 Å². The summed E-state index contributed by atoms with van der Waals surface area (Å²) in [5, 5.41) is 0.150. The molecule has 0 aliphatic carbocycles. The van der Waals surface area contributed by atoms with Gasteiger partial charge in [-0.25, -0.2) is 4.98 Å². The van der Waals surface area contributed by atoms with Gasteiger partial charge in [-0.3, -0.25) is 0 Å². The molecule has 0 amide bonds. The summed E-state index contributed by atoms with van der Waals surface area (Å²) in [6, 6.07) is 0. The van der Waals surface area contributed by atoms with Gasteiger partial charge in [0.1, 0.15) is 5.76 Å². The lowest BCUT2D eigenvalue weighted by molar-refractivity contribution is 0.507. The zero-order chi connectivity index (χ0) is 5.98. The first-order chi connectivity index (χ1) is 3.80. The summed E-state index contributed by atoms with van der Waals surface area (Å²) in [6.45, 7) is 1.93. The van der Waals surface area contributed by atoms with Crippen LogP contribution in [-0.2, 0) is 0 Å². The molecule has 2 nitrogen and oxygen atoms in total. The molecule has 1 atom stereocenters. The van der Waals surface area contributed by atoms with Crippen LogP contribution in [-0.4, -0.2) is 4.98 Å². The maximum Gasteiger partial charge on any atom is 0.180 e. The standard InChI is InChI=1S/C5H7NOS/c1-4(8)5-2-6-3-7-5/h2-4,8H,1H3. The van der Waals surface area contributed by atoms with Crippen LogP contribution >= 0.6 is 12.6 Å². The number of nitrogens with zero attached hydrogens (tertiary/aromatic N) is 1. The Hall–Kier alpha value is -0.440. The number of thiol groups is 1. The van der Waals surface area contributed by atoms with Gasteiger partial charge in [0.05, 0.1) is 11.4 Å². The molecule has 1 aromatic heterocycles. The second-order valence-electron chi connectivity index (χ2n) is 1.58. The van der Waals surface area contributed by atoms with Crippen LogP contribution in [0.3, 0.4) is 0 Å². The van der Waals surface area contributed by atoms with E-state index in [0.29, 0.717) is 0 Å². The van der Waals surface area contributed by atoms with Gasteiger partial charge in [0.25, 0.3) is 0 Å². The van der Waals surface area contributed by atoms with E-state index in [1.54, 1.807) is 6.20 Å². The third-order valence-electron chi connectivity index (χ3n) is 0.863. The predicted octanol–water partition coefficient (Wildman–Crippen LogP) is 1.67. The van der Waals surface area contributed by atoms with Crippen molar-refractivity contribution in [3.8, 4) is 0 Å². The average Bonchev–Trinajstić information content (AvgIpc) is 2.12. The van der Waals surface area contributed by atoms with Crippen molar-refractivity contribution in [1.29, 1.82) is 0 Å². The van der Waals surface area contributed by atoms with Crippen LogP contribution in [0.5, 0.6) is 0 Å². The fraction of sp³-hybridized carbons (Fsp3) is 0.400. The minimum absolute atomic E-state index is 0.150. The van der Waals surface area contributed by atoms with Gasteiger partial charge in [-0.1, -0.05) is 0 Å². The van der Waals surface area contributed by atoms with Crippen LogP contribution in [0, 0.1) is 0 Å². The van der Waals surface area contributed by atoms with Gasteiger partial charge in [0.15, 0.2) is 6.39 Å². The van der Waals surface area contributed by atoms with Crippen LogP contribution in [0.25, 0.3) is 0 Å². The minimum atomic E-state index is 0.150. The molecule has 1 rings (SSSR count). The van der Waals surface area contributed by atoms with Crippen molar-refractivity contribution in [3.63, 3.8) is 0 Å². The lowest BCUT2D eigenvalue weighted by Gasteiger charge is -1.92. The van der Waals surface area contributed by atoms with Crippen molar-refractivity contribution in [3.05, 3.63) is 18.4 Å². The molecule has 1 unspecified atom stereocenters. The number of hydrogen-bond donors (Lipinski definition) is 1. The zero-order valence-electron chi connectivity index (χ0n) is 4.53. The third-order valence-corrected chi connectivity index (χ3v) is 1.12. The van der Waals surface area contributed by atoms with Crippen LogP contribution < -0.4 is 0 Å². The molecule has 8 heavy (non-hydrogen) atoms. The van der Waals surface area contributed by atoms with Gasteiger partial charge in [-0.2, -0.15) is 12.6 Å².